The van der Waals surface area contributed by atoms with Gasteiger partial charge in [-0.1, -0.05) is 78.4 Å². The van der Waals surface area contributed by atoms with Gasteiger partial charge in [0.15, 0.2) is 0 Å². The van der Waals surface area contributed by atoms with E-state index in [9.17, 15) is 0 Å². The smallest absolute Gasteiger partial charge is 0.216 e. The summed E-state index contributed by atoms with van der Waals surface area (Å²) in [7, 11) is 0. The summed E-state index contributed by atoms with van der Waals surface area (Å²) in [5.74, 6) is 0. The fourth-order valence-electron chi connectivity index (χ4n) is 4.88. The van der Waals surface area contributed by atoms with Gasteiger partial charge in [-0.05, 0) is 73.1 Å². The number of fused-ring (bicyclic) bond motifs is 3. The van der Waals surface area contributed by atoms with E-state index in [1.54, 1.807) is 74.5 Å². The average Bonchev–Trinajstić information content (AvgIpc) is 3.53. The number of hydrogen-bond acceptors (Lipinski definition) is 4. The molecule has 0 bridgehead atoms. The van der Waals surface area contributed by atoms with Gasteiger partial charge in [0.1, 0.15) is 0 Å². The van der Waals surface area contributed by atoms with E-state index in [-0.39, 0.29) is 42.6 Å². The zero-order valence-electron chi connectivity index (χ0n) is 35.5. The van der Waals surface area contributed by atoms with Crippen LogP contribution in [0.3, 0.4) is 0 Å². The first-order chi connectivity index (χ1) is 25.7. The quantitative estimate of drug-likeness (QED) is 0.164. The van der Waals surface area contributed by atoms with Crippen LogP contribution in [-0.4, -0.2) is 15.0 Å². The van der Waals surface area contributed by atoms with E-state index in [1.807, 2.05) is 18.2 Å². The zero-order valence-corrected chi connectivity index (χ0v) is 26.9. The molecule has 0 aliphatic heterocycles. The van der Waals surface area contributed by atoms with Crippen LogP contribution in [0.2, 0.25) is 0 Å². The minimum atomic E-state index is -2.37. The Labute approximate surface area is 294 Å². The van der Waals surface area contributed by atoms with Gasteiger partial charge >= 0.3 is 0 Å². The maximum atomic E-state index is 9.11. The van der Waals surface area contributed by atoms with Crippen molar-refractivity contribution in [3.05, 3.63) is 150 Å². The van der Waals surface area contributed by atoms with Crippen LogP contribution in [0.1, 0.15) is 56.9 Å². The topological polar surface area (TPSA) is 51.8 Å². The third-order valence-electron chi connectivity index (χ3n) is 7.13. The molecule has 227 valence electrons. The third-order valence-corrected chi connectivity index (χ3v) is 7.13. The Morgan fingerprint density at radius 3 is 2.38 bits per heavy atom. The van der Waals surface area contributed by atoms with Crippen LogP contribution in [0.15, 0.2) is 114 Å². The molecule has 4 heterocycles. The molecule has 3 aromatic carbocycles. The second-order valence-corrected chi connectivity index (χ2v) is 10.7. The molecule has 4 aromatic heterocycles. The first kappa shape index (κ1) is 20.6. The standard InChI is InChI=1S/C28H25N2O.C12H10N.Ir/c1-18-8-11-21(12-9-18)28(3,4)17-20-14-15-29-25(16-20)24-7-5-6-22-23-13-10-19(2)30-27(23)31-26(22)24;1-10-7-8-12(13-9-10)11-5-3-2-4-6-11;/h5-6,8-16H,17H2,1-4H3;2-5,7-9H,1H3;/q2*-1;/i1D3,2D3,17D2;1D3;. The molecule has 0 spiro atoms. The molecule has 7 aromatic rings. The van der Waals surface area contributed by atoms with Crippen LogP contribution in [0, 0.1) is 32.7 Å². The largest absolute Gasteiger partial charge is 0.486 e. The van der Waals surface area contributed by atoms with Gasteiger partial charge in [-0.3, -0.25) is 0 Å². The molecule has 0 amide bonds. The van der Waals surface area contributed by atoms with Gasteiger partial charge in [0.2, 0.25) is 5.71 Å². The molecule has 7 rings (SSSR count). The molecule has 45 heavy (non-hydrogen) atoms. The fourth-order valence-corrected chi connectivity index (χ4v) is 4.88. The van der Waals surface area contributed by atoms with Crippen molar-refractivity contribution < 1.29 is 39.6 Å². The summed E-state index contributed by atoms with van der Waals surface area (Å²) >= 11 is 0. The van der Waals surface area contributed by atoms with E-state index in [4.69, 9.17) is 19.5 Å². The fraction of sp³-hybridized carbons (Fsp3) is 0.175. The molecule has 4 nitrogen and oxygen atoms in total. The number of benzene rings is 3. The molecule has 0 atom stereocenters. The predicted octanol–water partition coefficient (Wildman–Crippen LogP) is 9.84. The van der Waals surface area contributed by atoms with E-state index in [1.165, 1.54) is 30.6 Å². The van der Waals surface area contributed by atoms with E-state index in [0.717, 1.165) is 11.3 Å². The Bertz CT molecular complexity index is 2440. The maximum absolute atomic E-state index is 9.11. The van der Waals surface area contributed by atoms with Crippen LogP contribution < -0.4 is 0 Å². The van der Waals surface area contributed by atoms with Gasteiger partial charge < -0.3 is 14.4 Å². The van der Waals surface area contributed by atoms with E-state index < -0.39 is 32.3 Å². The second-order valence-electron chi connectivity index (χ2n) is 10.7. The van der Waals surface area contributed by atoms with Crippen molar-refractivity contribution in [3.8, 4) is 22.5 Å². The SMILES string of the molecule is [2H]C([2H])([2H])c1ccc(-c2[c-]cccc2)nc1.[2H]C([2H])([2H])c1ccc(C(C)(C)C([2H])([2H])c2ccnc(-c3[c-]ccc4c3oc3nc(C([2H])([2H])[2H])ccc34)c2)cc1.[Ir]. The van der Waals surface area contributed by atoms with Crippen LogP contribution in [0.4, 0.5) is 0 Å². The number of nitrogens with zero attached hydrogens (tertiary/aromatic N) is 3. The van der Waals surface area contributed by atoms with E-state index >= 15 is 0 Å². The van der Waals surface area contributed by atoms with Crippen molar-refractivity contribution >= 4 is 22.1 Å². The van der Waals surface area contributed by atoms with Gasteiger partial charge in [-0.25, -0.2) is 4.98 Å². The summed E-state index contributed by atoms with van der Waals surface area (Å²) < 4.78 is 91.7. The Balaban J connectivity index is 0.000000295. The van der Waals surface area contributed by atoms with Crippen molar-refractivity contribution in [3.63, 3.8) is 0 Å². The number of furan rings is 1. The van der Waals surface area contributed by atoms with Gasteiger partial charge in [0, 0.05) is 58.7 Å². The van der Waals surface area contributed by atoms with Crippen LogP contribution in [-0.2, 0) is 31.9 Å². The van der Waals surface area contributed by atoms with Crippen molar-refractivity contribution in [1.82, 2.24) is 15.0 Å². The van der Waals surface area contributed by atoms with E-state index in [0.29, 0.717) is 38.7 Å². The van der Waals surface area contributed by atoms with Crippen LogP contribution in [0.5, 0.6) is 0 Å². The second kappa shape index (κ2) is 13.7. The Morgan fingerprint density at radius 1 is 0.800 bits per heavy atom. The van der Waals surface area contributed by atoms with Crippen molar-refractivity contribution in [2.45, 2.75) is 46.2 Å². The third kappa shape index (κ3) is 7.28. The van der Waals surface area contributed by atoms with Gasteiger partial charge in [-0.2, -0.15) is 0 Å². The number of aryl methyl sites for hydroxylation is 3. The summed E-state index contributed by atoms with van der Waals surface area (Å²) in [5, 5.41) is 1.37. The zero-order chi connectivity index (χ0) is 40.0. The first-order valence-electron chi connectivity index (χ1n) is 19.4. The van der Waals surface area contributed by atoms with Crippen molar-refractivity contribution in [1.29, 1.82) is 0 Å². The Morgan fingerprint density at radius 2 is 1.64 bits per heavy atom. The molecule has 0 unspecified atom stereocenters. The summed E-state index contributed by atoms with van der Waals surface area (Å²) in [6.45, 7) is -3.15. The molecule has 1 radical (unpaired) electrons. The van der Waals surface area contributed by atoms with Crippen molar-refractivity contribution in [2.24, 2.45) is 0 Å². The predicted molar refractivity (Wildman–Crippen MR) is 179 cm³/mol. The normalized spacial score (nSPS) is 15.9. The molecule has 0 saturated carbocycles. The number of pyridine rings is 3. The summed E-state index contributed by atoms with van der Waals surface area (Å²) in [6, 6.07) is 33.2. The monoisotopic (exact) mass is 777 g/mol. The van der Waals surface area contributed by atoms with E-state index in [2.05, 4.69) is 27.1 Å². The molecule has 5 heteroatoms. The Hall–Kier alpha value is -4.44. The molecule has 0 N–H and O–H groups in total. The number of rotatable bonds is 5. The molecule has 0 aliphatic carbocycles. The molecular formula is C40H35IrN3O-2. The van der Waals surface area contributed by atoms with Crippen LogP contribution >= 0.6 is 0 Å². The molecule has 0 fully saturated rings. The van der Waals surface area contributed by atoms with Crippen molar-refractivity contribution in [2.75, 3.05) is 0 Å². The van der Waals surface area contributed by atoms with Crippen LogP contribution in [0.25, 0.3) is 44.6 Å². The number of hydrogen-bond donors (Lipinski definition) is 0. The maximum Gasteiger partial charge on any atom is 0.216 e. The van der Waals surface area contributed by atoms with Gasteiger partial charge in [0.25, 0.3) is 0 Å². The molecular weight excluding hydrogens is 731 g/mol. The molecule has 0 aliphatic rings. The summed E-state index contributed by atoms with van der Waals surface area (Å²) in [4.78, 5) is 12.8. The summed E-state index contributed by atoms with van der Waals surface area (Å²) in [5.41, 5.74) is 3.53. The minimum Gasteiger partial charge on any atom is -0.486 e. The van der Waals surface area contributed by atoms with Gasteiger partial charge in [0.05, 0.1) is 5.58 Å². The first-order valence-corrected chi connectivity index (χ1v) is 13.9. The number of aromatic nitrogens is 3. The average molecular weight is 777 g/mol. The van der Waals surface area contributed by atoms with Gasteiger partial charge in [-0.15, -0.1) is 54.1 Å². The Kier molecular flexibility index (Phi) is 6.25. The summed E-state index contributed by atoms with van der Waals surface area (Å²) in [6.07, 6.45) is 1.05. The molecule has 0 saturated heterocycles. The minimum absolute atomic E-state index is 0.